The molecule has 0 spiro atoms. The molecule has 2 aliphatic rings. The lowest BCUT2D eigenvalue weighted by atomic mass is 10.0. The summed E-state index contributed by atoms with van der Waals surface area (Å²) in [5.74, 6) is -0.520. The van der Waals surface area contributed by atoms with E-state index in [-0.39, 0.29) is 17.5 Å². The van der Waals surface area contributed by atoms with Gasteiger partial charge in [-0.3, -0.25) is 0 Å². The van der Waals surface area contributed by atoms with Crippen molar-refractivity contribution in [1.82, 2.24) is 19.9 Å². The van der Waals surface area contributed by atoms with Gasteiger partial charge in [-0.25, -0.2) is 28.7 Å². The second-order valence-corrected chi connectivity index (χ2v) is 7.59. The number of rotatable bonds is 4. The molecule has 2 fully saturated rings. The molecule has 0 radical (unpaired) electrons. The van der Waals surface area contributed by atoms with Gasteiger partial charge in [0, 0.05) is 37.9 Å². The summed E-state index contributed by atoms with van der Waals surface area (Å²) in [7, 11) is 0. The average molecular weight is 395 g/mol. The maximum atomic E-state index is 14.3. The van der Waals surface area contributed by atoms with Crippen LogP contribution in [-0.4, -0.2) is 44.2 Å². The highest BCUT2D eigenvalue weighted by atomic mass is 19.2. The van der Waals surface area contributed by atoms with Gasteiger partial charge in [0.2, 0.25) is 0 Å². The number of halogens is 2. The zero-order valence-corrected chi connectivity index (χ0v) is 15.5. The van der Waals surface area contributed by atoms with Crippen LogP contribution in [0.3, 0.4) is 0 Å². The van der Waals surface area contributed by atoms with Gasteiger partial charge in [0.1, 0.15) is 0 Å². The van der Waals surface area contributed by atoms with Crippen molar-refractivity contribution in [1.29, 1.82) is 0 Å². The Bertz CT molecular complexity index is 1030. The van der Waals surface area contributed by atoms with Gasteiger partial charge in [0.05, 0.1) is 11.8 Å². The van der Waals surface area contributed by atoms with Crippen LogP contribution in [0.5, 0.6) is 0 Å². The second kappa shape index (κ2) is 7.11. The molecular weight excluding hydrogens is 376 g/mol. The lowest BCUT2D eigenvalue weighted by Crippen LogP contribution is -2.22. The van der Waals surface area contributed by atoms with Gasteiger partial charge in [-0.1, -0.05) is 0 Å². The van der Waals surface area contributed by atoms with Crippen LogP contribution < -0.4 is 4.90 Å². The Hall–Kier alpha value is -3.00. The topological polar surface area (TPSA) is 75.0 Å². The third kappa shape index (κ3) is 3.44. The summed E-state index contributed by atoms with van der Waals surface area (Å²) in [6.45, 7) is 0.844. The highest BCUT2D eigenvalue weighted by Crippen LogP contribution is 2.55. The number of nitrogens with zero attached hydrogens (tertiary/aromatic N) is 5. The number of aliphatic hydroxyl groups is 1. The van der Waals surface area contributed by atoms with Crippen molar-refractivity contribution in [2.45, 2.75) is 30.8 Å². The molecule has 1 saturated carbocycles. The molecular formula is C21H19F2N5O. The van der Waals surface area contributed by atoms with Gasteiger partial charge in [0.25, 0.3) is 0 Å². The Morgan fingerprint density at radius 2 is 1.62 bits per heavy atom. The Kier molecular flexibility index (Phi) is 4.43. The largest absolute Gasteiger partial charge is 0.391 e. The highest BCUT2D eigenvalue weighted by Gasteiger charge is 2.41. The number of benzene rings is 1. The predicted octanol–water partition coefficient (Wildman–Crippen LogP) is 3.05. The fraction of sp³-hybridized carbons (Fsp3) is 0.333. The third-order valence-electron chi connectivity index (χ3n) is 5.62. The number of β-amino-alcohol motifs (C(OH)–C–C–N with tert-alkyl or cyclic N) is 1. The van der Waals surface area contributed by atoms with Crippen molar-refractivity contribution in [3.63, 3.8) is 0 Å². The Labute approximate surface area is 166 Å². The molecule has 3 aromatic rings. The van der Waals surface area contributed by atoms with E-state index in [4.69, 9.17) is 0 Å². The number of hydrogen-bond acceptors (Lipinski definition) is 6. The van der Waals surface area contributed by atoms with E-state index in [1.54, 1.807) is 41.8 Å². The van der Waals surface area contributed by atoms with E-state index in [9.17, 15) is 13.9 Å². The summed E-state index contributed by atoms with van der Waals surface area (Å²) in [4.78, 5) is 18.7. The lowest BCUT2D eigenvalue weighted by Gasteiger charge is -2.20. The first-order chi connectivity index (χ1) is 14.1. The van der Waals surface area contributed by atoms with E-state index in [0.717, 1.165) is 17.5 Å². The van der Waals surface area contributed by atoms with Crippen molar-refractivity contribution in [3.8, 4) is 11.6 Å². The van der Waals surface area contributed by atoms with E-state index in [1.165, 1.54) is 6.07 Å². The maximum absolute atomic E-state index is 14.3. The second-order valence-electron chi connectivity index (χ2n) is 7.59. The van der Waals surface area contributed by atoms with Crippen LogP contribution in [0.15, 0.2) is 43.0 Å². The molecule has 1 N–H and O–H groups in total. The number of aliphatic hydroxyl groups excluding tert-OH is 1. The maximum Gasteiger partial charge on any atom is 0.197 e. The summed E-state index contributed by atoms with van der Waals surface area (Å²) in [6, 6.07) is 4.72. The molecule has 1 aliphatic heterocycles. The fourth-order valence-electron chi connectivity index (χ4n) is 3.99. The molecule has 2 aromatic heterocycles. The normalized spacial score (nSPS) is 23.4. The van der Waals surface area contributed by atoms with E-state index >= 15 is 0 Å². The van der Waals surface area contributed by atoms with Crippen molar-refractivity contribution >= 4 is 5.69 Å². The SMILES string of the molecule is O[C@@H]1CCN(c2cc([C@@H]3C[C@@H]3c3cnc(-c4ncccn4)nc3)cc(F)c2F)C1. The monoisotopic (exact) mass is 395 g/mol. The molecule has 0 amide bonds. The van der Waals surface area contributed by atoms with Crippen LogP contribution in [-0.2, 0) is 0 Å². The Balaban J connectivity index is 1.36. The number of aromatic nitrogens is 4. The smallest absolute Gasteiger partial charge is 0.197 e. The fourth-order valence-corrected chi connectivity index (χ4v) is 3.99. The molecule has 0 bridgehead atoms. The van der Waals surface area contributed by atoms with Crippen molar-refractivity contribution in [2.24, 2.45) is 0 Å². The first kappa shape index (κ1) is 18.1. The average Bonchev–Trinajstić information content (AvgIpc) is 3.44. The molecule has 8 heteroatoms. The summed E-state index contributed by atoms with van der Waals surface area (Å²) >= 11 is 0. The molecule has 3 heterocycles. The lowest BCUT2D eigenvalue weighted by molar-refractivity contribution is 0.198. The first-order valence-corrected chi connectivity index (χ1v) is 9.61. The van der Waals surface area contributed by atoms with Gasteiger partial charge in [-0.15, -0.1) is 0 Å². The minimum Gasteiger partial charge on any atom is -0.391 e. The van der Waals surface area contributed by atoms with E-state index in [1.807, 2.05) is 0 Å². The van der Waals surface area contributed by atoms with Crippen molar-refractivity contribution in [3.05, 3.63) is 65.7 Å². The molecule has 1 aromatic carbocycles. The van der Waals surface area contributed by atoms with Gasteiger partial charge in [-0.2, -0.15) is 0 Å². The molecule has 29 heavy (non-hydrogen) atoms. The summed E-state index contributed by atoms with van der Waals surface area (Å²) in [5.41, 5.74) is 1.95. The van der Waals surface area contributed by atoms with Crippen LogP contribution in [0.4, 0.5) is 14.5 Å². The molecule has 3 atom stereocenters. The number of anilines is 1. The van der Waals surface area contributed by atoms with E-state index in [0.29, 0.717) is 31.2 Å². The van der Waals surface area contributed by atoms with Gasteiger partial charge < -0.3 is 10.0 Å². The van der Waals surface area contributed by atoms with Crippen LogP contribution in [0.1, 0.15) is 35.8 Å². The zero-order valence-electron chi connectivity index (χ0n) is 15.5. The highest BCUT2D eigenvalue weighted by molar-refractivity contribution is 5.54. The Morgan fingerprint density at radius 1 is 0.931 bits per heavy atom. The molecule has 148 valence electrons. The quantitative estimate of drug-likeness (QED) is 0.732. The van der Waals surface area contributed by atoms with Crippen LogP contribution in [0, 0.1) is 11.6 Å². The minimum atomic E-state index is -0.851. The molecule has 6 nitrogen and oxygen atoms in total. The minimum absolute atomic E-state index is 0.0961. The molecule has 0 unspecified atom stereocenters. The van der Waals surface area contributed by atoms with Gasteiger partial charge in [0.15, 0.2) is 23.3 Å². The number of hydrogen-bond donors (Lipinski definition) is 1. The molecule has 1 aliphatic carbocycles. The van der Waals surface area contributed by atoms with Crippen LogP contribution >= 0.6 is 0 Å². The van der Waals surface area contributed by atoms with E-state index in [2.05, 4.69) is 19.9 Å². The Morgan fingerprint density at radius 3 is 2.31 bits per heavy atom. The van der Waals surface area contributed by atoms with E-state index < -0.39 is 17.7 Å². The summed E-state index contributed by atoms with van der Waals surface area (Å²) in [5, 5.41) is 9.73. The van der Waals surface area contributed by atoms with Gasteiger partial charge >= 0.3 is 0 Å². The predicted molar refractivity (Wildman–Crippen MR) is 102 cm³/mol. The first-order valence-electron chi connectivity index (χ1n) is 9.61. The zero-order chi connectivity index (χ0) is 20.0. The molecule has 1 saturated heterocycles. The summed E-state index contributed by atoms with van der Waals surface area (Å²) in [6.07, 6.45) is 7.66. The summed E-state index contributed by atoms with van der Waals surface area (Å²) < 4.78 is 28.6. The third-order valence-corrected chi connectivity index (χ3v) is 5.62. The van der Waals surface area contributed by atoms with Crippen molar-refractivity contribution < 1.29 is 13.9 Å². The van der Waals surface area contributed by atoms with Gasteiger partial charge in [-0.05, 0) is 54.0 Å². The van der Waals surface area contributed by atoms with Crippen LogP contribution in [0.2, 0.25) is 0 Å². The molecule has 5 rings (SSSR count). The standard InChI is InChI=1S/C21H19F2N5O/c22-17-6-12(7-18(19(17)23)28-5-2-14(29)11-28)15-8-16(15)13-9-26-21(27-10-13)20-24-3-1-4-25-20/h1,3-4,6-7,9-10,14-16,29H,2,5,8,11H2/t14-,15+,16-/m1/s1. The van der Waals surface area contributed by atoms with Crippen molar-refractivity contribution in [2.75, 3.05) is 18.0 Å². The van der Waals surface area contributed by atoms with Crippen LogP contribution in [0.25, 0.3) is 11.6 Å².